The number of H-pyrrole nitrogens is 1. The average Bonchev–Trinajstić information content (AvgIpc) is 3.18. The molecule has 0 bridgehead atoms. The fourth-order valence-corrected chi connectivity index (χ4v) is 5.39. The molecule has 0 saturated carbocycles. The van der Waals surface area contributed by atoms with Gasteiger partial charge in [0, 0.05) is 34.4 Å². The van der Waals surface area contributed by atoms with Crippen molar-refractivity contribution in [3.63, 3.8) is 0 Å². The molecular formula is C29H40N4O2. The number of pyridine rings is 1. The summed E-state index contributed by atoms with van der Waals surface area (Å²) in [7, 11) is 0. The van der Waals surface area contributed by atoms with Gasteiger partial charge in [0.2, 0.25) is 5.91 Å². The number of aromatic amines is 1. The van der Waals surface area contributed by atoms with Gasteiger partial charge in [-0.1, -0.05) is 19.9 Å². The van der Waals surface area contributed by atoms with E-state index in [1.54, 1.807) is 6.92 Å². The van der Waals surface area contributed by atoms with E-state index < -0.39 is 0 Å². The minimum Gasteiger partial charge on any atom is -0.393 e. The largest absolute Gasteiger partial charge is 0.393 e. The number of amides is 1. The fraction of sp³-hybridized carbons (Fsp3) is 0.517. The van der Waals surface area contributed by atoms with Crippen molar-refractivity contribution in [2.24, 2.45) is 0 Å². The third-order valence-electron chi connectivity index (χ3n) is 7.12. The van der Waals surface area contributed by atoms with Gasteiger partial charge in [0.15, 0.2) is 0 Å². The number of aryl methyl sites for hydroxylation is 2. The molecule has 1 amide bonds. The minimum atomic E-state index is -0.381. The molecular weight excluding hydrogens is 436 g/mol. The van der Waals surface area contributed by atoms with Crippen LogP contribution in [0.25, 0.3) is 22.2 Å². The minimum absolute atomic E-state index is 0.0496. The van der Waals surface area contributed by atoms with Crippen molar-refractivity contribution in [2.45, 2.75) is 71.8 Å². The van der Waals surface area contributed by atoms with Crippen LogP contribution in [-0.4, -0.2) is 58.2 Å². The van der Waals surface area contributed by atoms with Crippen LogP contribution in [0.2, 0.25) is 0 Å². The Morgan fingerprint density at radius 1 is 1.14 bits per heavy atom. The standard InChI is InChI=1S/C29H40N4O2/c1-18(2)28-25-16-23(6-7-26(25)32-29(28)24-14-19(3)31-20(4)15-24)22-9-12-33(13-10-22)17-27(35)30-11-8-21(5)34/h6-7,14-16,18,21-22,32,34H,8-13,17H2,1-5H3,(H,30,35). The van der Waals surface area contributed by atoms with Gasteiger partial charge in [-0.05, 0) is 100 Å². The van der Waals surface area contributed by atoms with Crippen molar-refractivity contribution >= 4 is 16.8 Å². The number of carbonyl (C=O) groups excluding carboxylic acids is 1. The number of piperidine rings is 1. The Morgan fingerprint density at radius 2 is 1.83 bits per heavy atom. The van der Waals surface area contributed by atoms with Gasteiger partial charge in [-0.3, -0.25) is 14.7 Å². The number of hydrogen-bond acceptors (Lipinski definition) is 4. The predicted molar refractivity (Wildman–Crippen MR) is 143 cm³/mol. The lowest BCUT2D eigenvalue weighted by molar-refractivity contribution is -0.122. The summed E-state index contributed by atoms with van der Waals surface area (Å²) in [6, 6.07) is 11.2. The molecule has 1 saturated heterocycles. The Morgan fingerprint density at radius 3 is 2.46 bits per heavy atom. The summed E-state index contributed by atoms with van der Waals surface area (Å²) in [4.78, 5) is 22.7. The molecule has 1 fully saturated rings. The average molecular weight is 477 g/mol. The maximum Gasteiger partial charge on any atom is 0.234 e. The first-order valence-electron chi connectivity index (χ1n) is 13.0. The molecule has 1 atom stereocenters. The molecule has 6 heteroatoms. The van der Waals surface area contributed by atoms with Crippen LogP contribution in [0.5, 0.6) is 0 Å². The second-order valence-electron chi connectivity index (χ2n) is 10.6. The molecule has 2 aromatic heterocycles. The quantitative estimate of drug-likeness (QED) is 0.426. The van der Waals surface area contributed by atoms with Crippen molar-refractivity contribution in [3.05, 3.63) is 52.8 Å². The molecule has 35 heavy (non-hydrogen) atoms. The molecule has 188 valence electrons. The van der Waals surface area contributed by atoms with Crippen molar-refractivity contribution in [1.82, 2.24) is 20.2 Å². The zero-order valence-corrected chi connectivity index (χ0v) is 21.8. The van der Waals surface area contributed by atoms with Crippen molar-refractivity contribution in [2.75, 3.05) is 26.2 Å². The number of aliphatic hydroxyl groups is 1. The van der Waals surface area contributed by atoms with E-state index >= 15 is 0 Å². The van der Waals surface area contributed by atoms with E-state index in [0.717, 1.165) is 37.3 Å². The SMILES string of the molecule is Cc1cc(-c2[nH]c3ccc(C4CCN(CC(=O)NCCC(C)O)CC4)cc3c2C(C)C)cc(C)n1. The number of likely N-dealkylation sites (tertiary alicyclic amines) is 1. The third-order valence-corrected chi connectivity index (χ3v) is 7.12. The number of fused-ring (bicyclic) bond motifs is 1. The van der Waals surface area contributed by atoms with E-state index in [4.69, 9.17) is 0 Å². The van der Waals surface area contributed by atoms with Crippen LogP contribution in [0.4, 0.5) is 0 Å². The zero-order valence-electron chi connectivity index (χ0n) is 21.8. The Kier molecular flexibility index (Phi) is 7.92. The lowest BCUT2D eigenvalue weighted by atomic mass is 9.87. The molecule has 1 aliphatic heterocycles. The number of aromatic nitrogens is 2. The van der Waals surface area contributed by atoms with E-state index in [0.29, 0.717) is 31.3 Å². The molecule has 0 spiro atoms. The molecule has 1 aromatic carbocycles. The first kappa shape index (κ1) is 25.4. The summed E-state index contributed by atoms with van der Waals surface area (Å²) in [6.07, 6.45) is 2.33. The lowest BCUT2D eigenvalue weighted by Gasteiger charge is -2.31. The molecule has 0 aliphatic carbocycles. The summed E-state index contributed by atoms with van der Waals surface area (Å²) in [5.74, 6) is 0.961. The summed E-state index contributed by atoms with van der Waals surface area (Å²) < 4.78 is 0. The van der Waals surface area contributed by atoms with Crippen LogP contribution in [-0.2, 0) is 4.79 Å². The highest BCUT2D eigenvalue weighted by molar-refractivity contribution is 5.92. The Balaban J connectivity index is 1.48. The first-order chi connectivity index (χ1) is 16.7. The molecule has 4 rings (SSSR count). The number of nitrogens with zero attached hydrogens (tertiary/aromatic N) is 2. The van der Waals surface area contributed by atoms with Crippen LogP contribution in [0.15, 0.2) is 30.3 Å². The van der Waals surface area contributed by atoms with Crippen LogP contribution < -0.4 is 5.32 Å². The van der Waals surface area contributed by atoms with Gasteiger partial charge in [0.25, 0.3) is 0 Å². The lowest BCUT2D eigenvalue weighted by Crippen LogP contribution is -2.41. The van der Waals surface area contributed by atoms with E-state index in [9.17, 15) is 9.90 Å². The van der Waals surface area contributed by atoms with Gasteiger partial charge in [-0.25, -0.2) is 0 Å². The fourth-order valence-electron chi connectivity index (χ4n) is 5.39. The number of rotatable bonds is 8. The number of carbonyl (C=O) groups is 1. The highest BCUT2D eigenvalue weighted by Gasteiger charge is 2.24. The number of nitrogens with one attached hydrogen (secondary N) is 2. The van der Waals surface area contributed by atoms with Crippen molar-refractivity contribution < 1.29 is 9.90 Å². The number of aliphatic hydroxyl groups excluding tert-OH is 1. The first-order valence-corrected chi connectivity index (χ1v) is 13.0. The van der Waals surface area contributed by atoms with Crippen molar-refractivity contribution in [1.29, 1.82) is 0 Å². The van der Waals surface area contributed by atoms with Crippen LogP contribution in [0, 0.1) is 13.8 Å². The van der Waals surface area contributed by atoms with E-state index in [-0.39, 0.29) is 12.0 Å². The van der Waals surface area contributed by atoms with E-state index in [2.05, 4.69) is 78.2 Å². The Bertz CT molecular complexity index is 1150. The van der Waals surface area contributed by atoms with E-state index in [1.165, 1.54) is 33.3 Å². The molecule has 1 unspecified atom stereocenters. The topological polar surface area (TPSA) is 81.2 Å². The van der Waals surface area contributed by atoms with Crippen molar-refractivity contribution in [3.8, 4) is 11.3 Å². The summed E-state index contributed by atoms with van der Waals surface area (Å²) in [6.45, 7) is 13.2. The zero-order chi connectivity index (χ0) is 25.1. The Hall–Kier alpha value is -2.70. The predicted octanol–water partition coefficient (Wildman–Crippen LogP) is 5.04. The second-order valence-corrected chi connectivity index (χ2v) is 10.6. The summed E-state index contributed by atoms with van der Waals surface area (Å²) >= 11 is 0. The van der Waals surface area contributed by atoms with Gasteiger partial charge in [-0.15, -0.1) is 0 Å². The highest BCUT2D eigenvalue weighted by Crippen LogP contribution is 2.38. The van der Waals surface area contributed by atoms with Gasteiger partial charge in [-0.2, -0.15) is 0 Å². The summed E-state index contributed by atoms with van der Waals surface area (Å²) in [5, 5.41) is 13.6. The third kappa shape index (κ3) is 6.11. The molecule has 3 heterocycles. The van der Waals surface area contributed by atoms with Crippen LogP contribution >= 0.6 is 0 Å². The monoisotopic (exact) mass is 476 g/mol. The number of hydrogen-bond donors (Lipinski definition) is 3. The van der Waals surface area contributed by atoms with Gasteiger partial charge in [0.1, 0.15) is 0 Å². The Labute approximate surface area is 209 Å². The summed E-state index contributed by atoms with van der Waals surface area (Å²) in [5.41, 5.74) is 8.45. The highest BCUT2D eigenvalue weighted by atomic mass is 16.3. The smallest absolute Gasteiger partial charge is 0.234 e. The second kappa shape index (κ2) is 10.9. The van der Waals surface area contributed by atoms with E-state index in [1.807, 2.05) is 0 Å². The molecule has 0 radical (unpaired) electrons. The molecule has 6 nitrogen and oxygen atoms in total. The van der Waals surface area contributed by atoms with Gasteiger partial charge in [0.05, 0.1) is 18.3 Å². The normalized spacial score (nSPS) is 16.2. The number of benzene rings is 1. The molecule has 3 aromatic rings. The van der Waals surface area contributed by atoms with Crippen LogP contribution in [0.3, 0.4) is 0 Å². The maximum atomic E-state index is 12.2. The maximum absolute atomic E-state index is 12.2. The van der Waals surface area contributed by atoms with Crippen LogP contribution in [0.1, 0.15) is 74.4 Å². The molecule has 3 N–H and O–H groups in total. The molecule has 1 aliphatic rings. The van der Waals surface area contributed by atoms with Gasteiger partial charge >= 0.3 is 0 Å². The van der Waals surface area contributed by atoms with Gasteiger partial charge < -0.3 is 15.4 Å².